The van der Waals surface area contributed by atoms with Gasteiger partial charge in [-0.3, -0.25) is 9.98 Å². The number of rotatable bonds is 3. The van der Waals surface area contributed by atoms with E-state index in [2.05, 4.69) is 15.4 Å². The average molecular weight is 213 g/mol. The fourth-order valence-electron chi connectivity index (χ4n) is 0.940. The van der Waals surface area contributed by atoms with Crippen LogP contribution in [0.25, 0.3) is 0 Å². The van der Waals surface area contributed by atoms with Crippen molar-refractivity contribution in [1.82, 2.24) is 10.4 Å². The van der Waals surface area contributed by atoms with Gasteiger partial charge in [0, 0.05) is 12.7 Å². The highest BCUT2D eigenvalue weighted by molar-refractivity contribution is 6.30. The van der Waals surface area contributed by atoms with Gasteiger partial charge in [0.05, 0.1) is 5.02 Å². The van der Waals surface area contributed by atoms with E-state index in [9.17, 15) is 0 Å². The standard InChI is InChI=1S/C9H13ClN4/c1-2-5-12-9(14-11)8-4-3-7(10)6-13-8/h3-4,6H,2,5,11H2,1H3,(H,12,14). The van der Waals surface area contributed by atoms with Crippen molar-refractivity contribution in [3.05, 3.63) is 29.0 Å². The van der Waals surface area contributed by atoms with Crippen molar-refractivity contribution in [3.63, 3.8) is 0 Å². The van der Waals surface area contributed by atoms with Gasteiger partial charge in [0.1, 0.15) is 5.69 Å². The summed E-state index contributed by atoms with van der Waals surface area (Å²) < 4.78 is 0. The van der Waals surface area contributed by atoms with Crippen molar-refractivity contribution < 1.29 is 0 Å². The molecule has 5 heteroatoms. The molecule has 76 valence electrons. The van der Waals surface area contributed by atoms with Gasteiger partial charge in [-0.25, -0.2) is 5.84 Å². The maximum Gasteiger partial charge on any atom is 0.161 e. The predicted molar refractivity (Wildman–Crippen MR) is 58.3 cm³/mol. The first-order chi connectivity index (χ1) is 6.77. The van der Waals surface area contributed by atoms with E-state index < -0.39 is 0 Å². The first-order valence-corrected chi connectivity index (χ1v) is 4.78. The first-order valence-electron chi connectivity index (χ1n) is 4.41. The molecular formula is C9H13ClN4. The lowest BCUT2D eigenvalue weighted by Crippen LogP contribution is -2.32. The van der Waals surface area contributed by atoms with Gasteiger partial charge in [-0.2, -0.15) is 0 Å². The third-order valence-electron chi connectivity index (χ3n) is 1.60. The van der Waals surface area contributed by atoms with Crippen LogP contribution < -0.4 is 11.3 Å². The summed E-state index contributed by atoms with van der Waals surface area (Å²) in [6, 6.07) is 3.53. The summed E-state index contributed by atoms with van der Waals surface area (Å²) in [5.41, 5.74) is 3.22. The van der Waals surface area contributed by atoms with Gasteiger partial charge in [-0.05, 0) is 18.6 Å². The van der Waals surface area contributed by atoms with Crippen LogP contribution in [0.4, 0.5) is 0 Å². The van der Waals surface area contributed by atoms with Crippen molar-refractivity contribution in [3.8, 4) is 0 Å². The smallest absolute Gasteiger partial charge is 0.161 e. The Balaban J connectivity index is 2.84. The lowest BCUT2D eigenvalue weighted by Gasteiger charge is -2.04. The van der Waals surface area contributed by atoms with Gasteiger partial charge in [0.15, 0.2) is 5.84 Å². The van der Waals surface area contributed by atoms with Crippen molar-refractivity contribution in [2.24, 2.45) is 10.8 Å². The van der Waals surface area contributed by atoms with Crippen LogP contribution in [-0.4, -0.2) is 17.4 Å². The van der Waals surface area contributed by atoms with Gasteiger partial charge in [-0.1, -0.05) is 18.5 Å². The lowest BCUT2D eigenvalue weighted by atomic mass is 10.3. The molecule has 0 radical (unpaired) electrons. The van der Waals surface area contributed by atoms with E-state index in [0.717, 1.165) is 13.0 Å². The maximum atomic E-state index is 5.71. The number of halogens is 1. The largest absolute Gasteiger partial charge is 0.307 e. The highest BCUT2D eigenvalue weighted by atomic mass is 35.5. The number of pyridine rings is 1. The summed E-state index contributed by atoms with van der Waals surface area (Å²) in [7, 11) is 0. The van der Waals surface area contributed by atoms with E-state index in [-0.39, 0.29) is 0 Å². The monoisotopic (exact) mass is 212 g/mol. The highest BCUT2D eigenvalue weighted by Gasteiger charge is 2.01. The summed E-state index contributed by atoms with van der Waals surface area (Å²) in [5.74, 6) is 5.92. The van der Waals surface area contributed by atoms with Crippen LogP contribution in [0.5, 0.6) is 0 Å². The van der Waals surface area contributed by atoms with E-state index in [4.69, 9.17) is 17.4 Å². The molecule has 0 saturated carbocycles. The van der Waals surface area contributed by atoms with Crippen molar-refractivity contribution in [1.29, 1.82) is 0 Å². The summed E-state index contributed by atoms with van der Waals surface area (Å²) >= 11 is 5.71. The zero-order valence-electron chi connectivity index (χ0n) is 8.00. The van der Waals surface area contributed by atoms with E-state index in [1.54, 1.807) is 18.3 Å². The van der Waals surface area contributed by atoms with E-state index in [0.29, 0.717) is 16.6 Å². The molecule has 0 bridgehead atoms. The molecule has 14 heavy (non-hydrogen) atoms. The van der Waals surface area contributed by atoms with Crippen LogP contribution in [0.1, 0.15) is 19.0 Å². The Bertz CT molecular complexity index is 307. The van der Waals surface area contributed by atoms with Gasteiger partial charge in [0.25, 0.3) is 0 Å². The highest BCUT2D eigenvalue weighted by Crippen LogP contribution is 2.06. The third kappa shape index (κ3) is 2.97. The zero-order valence-corrected chi connectivity index (χ0v) is 8.75. The molecule has 0 spiro atoms. The molecule has 1 aromatic heterocycles. The SMILES string of the molecule is CCCN=C(NN)c1ccc(Cl)cn1. The molecule has 1 aromatic rings. The van der Waals surface area contributed by atoms with Crippen LogP contribution in [0, 0.1) is 0 Å². The van der Waals surface area contributed by atoms with Crippen LogP contribution >= 0.6 is 11.6 Å². The molecule has 0 unspecified atom stereocenters. The predicted octanol–water partition coefficient (Wildman–Crippen LogP) is 1.35. The number of nitrogens with zero attached hydrogens (tertiary/aromatic N) is 2. The number of hydrogen-bond acceptors (Lipinski definition) is 3. The van der Waals surface area contributed by atoms with E-state index in [1.807, 2.05) is 6.92 Å². The Hall–Kier alpha value is -1.13. The van der Waals surface area contributed by atoms with Gasteiger partial charge >= 0.3 is 0 Å². The van der Waals surface area contributed by atoms with Crippen molar-refractivity contribution in [2.75, 3.05) is 6.54 Å². The first kappa shape index (κ1) is 10.9. The minimum Gasteiger partial charge on any atom is -0.307 e. The average Bonchev–Trinajstić information content (AvgIpc) is 2.21. The van der Waals surface area contributed by atoms with E-state index in [1.165, 1.54) is 0 Å². The fourth-order valence-corrected chi connectivity index (χ4v) is 1.05. The summed E-state index contributed by atoms with van der Waals surface area (Å²) in [6.07, 6.45) is 2.54. The Morgan fingerprint density at radius 2 is 2.43 bits per heavy atom. The fraction of sp³-hybridized carbons (Fsp3) is 0.333. The van der Waals surface area contributed by atoms with Crippen molar-refractivity contribution in [2.45, 2.75) is 13.3 Å². The molecule has 0 aliphatic carbocycles. The van der Waals surface area contributed by atoms with Crippen LogP contribution in [0.2, 0.25) is 5.02 Å². The number of hydrazine groups is 1. The molecule has 0 saturated heterocycles. The molecular weight excluding hydrogens is 200 g/mol. The molecule has 4 nitrogen and oxygen atoms in total. The number of aliphatic imine (C=N–C) groups is 1. The summed E-state index contributed by atoms with van der Waals surface area (Å²) in [6.45, 7) is 2.77. The molecule has 1 heterocycles. The van der Waals surface area contributed by atoms with Gasteiger partial charge in [-0.15, -0.1) is 0 Å². The number of nitrogens with one attached hydrogen (secondary N) is 1. The summed E-state index contributed by atoms with van der Waals surface area (Å²) in [5, 5.41) is 0.598. The minimum atomic E-state index is 0.587. The molecule has 0 aliphatic rings. The number of amidine groups is 1. The second-order valence-corrected chi connectivity index (χ2v) is 3.17. The van der Waals surface area contributed by atoms with Crippen LogP contribution in [0.3, 0.4) is 0 Å². The van der Waals surface area contributed by atoms with Crippen LogP contribution in [0.15, 0.2) is 23.3 Å². The molecule has 0 amide bonds. The normalized spacial score (nSPS) is 11.5. The quantitative estimate of drug-likeness (QED) is 0.344. The topological polar surface area (TPSA) is 63.3 Å². The maximum absolute atomic E-state index is 5.71. The second-order valence-electron chi connectivity index (χ2n) is 2.74. The molecule has 1 rings (SSSR count). The van der Waals surface area contributed by atoms with Crippen molar-refractivity contribution >= 4 is 17.4 Å². The third-order valence-corrected chi connectivity index (χ3v) is 1.82. The molecule has 0 fully saturated rings. The number of hydrogen-bond donors (Lipinski definition) is 2. The molecule has 3 N–H and O–H groups in total. The second kappa shape index (κ2) is 5.57. The Morgan fingerprint density at radius 3 is 2.93 bits per heavy atom. The van der Waals surface area contributed by atoms with E-state index >= 15 is 0 Å². The Labute approximate surface area is 88.2 Å². The summed E-state index contributed by atoms with van der Waals surface area (Å²) in [4.78, 5) is 8.33. The lowest BCUT2D eigenvalue weighted by molar-refractivity contribution is 0.904. The zero-order chi connectivity index (χ0) is 10.4. The number of aromatic nitrogens is 1. The minimum absolute atomic E-state index is 0.587. The van der Waals surface area contributed by atoms with Gasteiger partial charge in [0.2, 0.25) is 0 Å². The van der Waals surface area contributed by atoms with Crippen LogP contribution in [-0.2, 0) is 0 Å². The Morgan fingerprint density at radius 1 is 1.64 bits per heavy atom. The Kier molecular flexibility index (Phi) is 4.35. The molecule has 0 atom stereocenters. The molecule has 0 aliphatic heterocycles. The number of nitrogens with two attached hydrogens (primary N) is 1. The van der Waals surface area contributed by atoms with Gasteiger partial charge < -0.3 is 5.43 Å². The molecule has 0 aromatic carbocycles.